The molecule has 0 radical (unpaired) electrons. The molecule has 4 aromatic rings. The number of ether oxygens (including phenoxy) is 2. The number of nitrogens with one attached hydrogen (secondary N) is 1. The summed E-state index contributed by atoms with van der Waals surface area (Å²) in [5.41, 5.74) is 1.96. The lowest BCUT2D eigenvalue weighted by molar-refractivity contribution is -0.0496. The van der Waals surface area contributed by atoms with Gasteiger partial charge in [-0.2, -0.15) is 8.78 Å². The van der Waals surface area contributed by atoms with Crippen molar-refractivity contribution in [3.05, 3.63) is 93.1 Å². The topological polar surface area (TPSA) is 64.6 Å². The molecule has 5 nitrogen and oxygen atoms in total. The van der Waals surface area contributed by atoms with Gasteiger partial charge in [0.05, 0.1) is 19.1 Å². The first-order chi connectivity index (χ1) is 16.3. The molecular weight excluding hydrogens is 548 g/mol. The molecule has 0 saturated carbocycles. The molecule has 1 N–H and O–H groups in total. The summed E-state index contributed by atoms with van der Waals surface area (Å²) in [6.45, 7) is -3.00. The number of hydrogen-bond donors (Lipinski definition) is 1. The van der Waals surface area contributed by atoms with Crippen LogP contribution in [0.4, 0.5) is 14.5 Å². The van der Waals surface area contributed by atoms with Crippen LogP contribution >= 0.6 is 27.3 Å². The van der Waals surface area contributed by atoms with Crippen LogP contribution in [0.1, 0.15) is 16.5 Å². The van der Waals surface area contributed by atoms with Crippen molar-refractivity contribution in [2.24, 2.45) is 0 Å². The van der Waals surface area contributed by atoms with Crippen LogP contribution in [0.3, 0.4) is 0 Å². The van der Waals surface area contributed by atoms with Gasteiger partial charge in [0.1, 0.15) is 11.5 Å². The maximum atomic E-state index is 13.1. The Hall–Kier alpha value is -2.95. The minimum absolute atomic E-state index is 0.0165. The van der Waals surface area contributed by atoms with Crippen molar-refractivity contribution in [3.63, 3.8) is 0 Å². The molecular formula is C24H16BrF2NO4S2. The van der Waals surface area contributed by atoms with E-state index in [-0.39, 0.29) is 10.6 Å². The smallest absolute Gasteiger partial charge is 0.387 e. The van der Waals surface area contributed by atoms with Gasteiger partial charge in [0, 0.05) is 11.3 Å². The molecule has 0 spiro atoms. The van der Waals surface area contributed by atoms with Crippen molar-refractivity contribution < 1.29 is 26.7 Å². The van der Waals surface area contributed by atoms with E-state index in [1.54, 1.807) is 48.5 Å². The van der Waals surface area contributed by atoms with Crippen molar-refractivity contribution in [3.8, 4) is 22.6 Å². The zero-order chi connectivity index (χ0) is 23.9. The fourth-order valence-corrected chi connectivity index (χ4v) is 6.37. The second-order valence-electron chi connectivity index (χ2n) is 7.37. The van der Waals surface area contributed by atoms with Gasteiger partial charge >= 0.3 is 6.61 Å². The van der Waals surface area contributed by atoms with E-state index >= 15 is 0 Å². The summed E-state index contributed by atoms with van der Waals surface area (Å²) >= 11 is 4.92. The molecule has 1 aliphatic rings. The van der Waals surface area contributed by atoms with E-state index < -0.39 is 22.7 Å². The lowest BCUT2D eigenvalue weighted by Crippen LogP contribution is -2.17. The fraction of sp³-hybridized carbons (Fsp3) is 0.0833. The second kappa shape index (κ2) is 9.01. The Kier molecular flexibility index (Phi) is 6.05. The Morgan fingerprint density at radius 2 is 1.79 bits per heavy atom. The summed E-state index contributed by atoms with van der Waals surface area (Å²) in [5.74, 6) is 0.384. The number of fused-ring (bicyclic) bond motifs is 3. The van der Waals surface area contributed by atoms with Crippen LogP contribution in [-0.2, 0) is 10.0 Å². The van der Waals surface area contributed by atoms with Gasteiger partial charge in [-0.05, 0) is 70.0 Å². The molecule has 0 bridgehead atoms. The number of sulfonamides is 1. The van der Waals surface area contributed by atoms with E-state index in [0.29, 0.717) is 28.1 Å². The highest BCUT2D eigenvalue weighted by atomic mass is 79.9. The van der Waals surface area contributed by atoms with E-state index in [0.717, 1.165) is 8.66 Å². The normalized spacial score (nSPS) is 14.8. The van der Waals surface area contributed by atoms with Crippen molar-refractivity contribution >= 4 is 43.0 Å². The van der Waals surface area contributed by atoms with Gasteiger partial charge in [-0.1, -0.05) is 30.3 Å². The molecule has 3 aromatic carbocycles. The molecule has 1 aliphatic heterocycles. The number of anilines is 1. The highest BCUT2D eigenvalue weighted by Gasteiger charge is 2.32. The Morgan fingerprint density at radius 3 is 2.50 bits per heavy atom. The third-order valence-electron chi connectivity index (χ3n) is 5.21. The average Bonchev–Trinajstić information content (AvgIpc) is 3.24. The lowest BCUT2D eigenvalue weighted by atomic mass is 9.91. The van der Waals surface area contributed by atoms with E-state index in [4.69, 9.17) is 9.47 Å². The van der Waals surface area contributed by atoms with E-state index in [9.17, 15) is 17.2 Å². The zero-order valence-corrected chi connectivity index (χ0v) is 20.5. The fourth-order valence-electron chi connectivity index (χ4n) is 3.82. The lowest BCUT2D eigenvalue weighted by Gasteiger charge is -2.30. The molecule has 0 aliphatic carbocycles. The number of halogens is 3. The van der Waals surface area contributed by atoms with E-state index in [1.807, 2.05) is 12.1 Å². The van der Waals surface area contributed by atoms with Gasteiger partial charge in [-0.25, -0.2) is 8.42 Å². The summed E-state index contributed by atoms with van der Waals surface area (Å²) in [7, 11) is -3.82. The first kappa shape index (κ1) is 22.8. The van der Waals surface area contributed by atoms with Crippen LogP contribution in [0.25, 0.3) is 11.1 Å². The highest BCUT2D eigenvalue weighted by molar-refractivity contribution is 9.11. The predicted octanol–water partition coefficient (Wildman–Crippen LogP) is 7.06. The molecule has 0 amide bonds. The summed E-state index contributed by atoms with van der Waals surface area (Å²) in [6, 6.07) is 21.5. The molecule has 174 valence electrons. The quantitative estimate of drug-likeness (QED) is 0.272. The number of rotatable bonds is 6. The van der Waals surface area contributed by atoms with Crippen molar-refractivity contribution in [2.45, 2.75) is 17.6 Å². The maximum Gasteiger partial charge on any atom is 0.387 e. The van der Waals surface area contributed by atoms with Gasteiger partial charge in [0.15, 0.2) is 6.10 Å². The van der Waals surface area contributed by atoms with Crippen LogP contribution in [0.2, 0.25) is 0 Å². The van der Waals surface area contributed by atoms with Gasteiger partial charge in [0.25, 0.3) is 10.0 Å². The first-order valence-electron chi connectivity index (χ1n) is 10.0. The number of alkyl halides is 2. The summed E-state index contributed by atoms with van der Waals surface area (Å²) in [6.07, 6.45) is -0.568. The molecule has 1 aromatic heterocycles. The van der Waals surface area contributed by atoms with Gasteiger partial charge in [-0.3, -0.25) is 4.72 Å². The summed E-state index contributed by atoms with van der Waals surface area (Å²) in [5, 5.41) is 0. The van der Waals surface area contributed by atoms with Crippen LogP contribution < -0.4 is 14.2 Å². The van der Waals surface area contributed by atoms with Crippen LogP contribution in [-0.4, -0.2) is 15.0 Å². The van der Waals surface area contributed by atoms with Crippen molar-refractivity contribution in [2.75, 3.05) is 4.72 Å². The van der Waals surface area contributed by atoms with Gasteiger partial charge < -0.3 is 9.47 Å². The Balaban J connectivity index is 1.63. The largest absolute Gasteiger partial charge is 0.479 e. The summed E-state index contributed by atoms with van der Waals surface area (Å²) in [4.78, 5) is 0.989. The Labute approximate surface area is 207 Å². The molecule has 0 fully saturated rings. The third kappa shape index (κ3) is 4.40. The van der Waals surface area contributed by atoms with Crippen LogP contribution in [0, 0.1) is 0 Å². The highest BCUT2D eigenvalue weighted by Crippen LogP contribution is 2.50. The minimum Gasteiger partial charge on any atom is -0.479 e. The van der Waals surface area contributed by atoms with Gasteiger partial charge in [0.2, 0.25) is 0 Å². The molecule has 2 heterocycles. The van der Waals surface area contributed by atoms with Gasteiger partial charge in [-0.15, -0.1) is 11.3 Å². The van der Waals surface area contributed by atoms with Crippen molar-refractivity contribution in [1.29, 1.82) is 0 Å². The van der Waals surface area contributed by atoms with Crippen molar-refractivity contribution in [1.82, 2.24) is 0 Å². The first-order valence-corrected chi connectivity index (χ1v) is 13.1. The number of hydrogen-bond acceptors (Lipinski definition) is 5. The van der Waals surface area contributed by atoms with Crippen LogP contribution in [0.5, 0.6) is 11.5 Å². The second-order valence-corrected chi connectivity index (χ2v) is 11.5. The Bertz CT molecular complexity index is 1460. The standard InChI is InChI=1S/C24H16BrF2NO4S2/c25-21-12-11-20(33-21)23-17-13-14(28-34(29,30)15-5-2-1-3-6-15)9-10-16(17)22-18(31-23)7-4-8-19(22)32-24(26)27/h1-13,23-24,28H. The molecule has 34 heavy (non-hydrogen) atoms. The molecule has 10 heteroatoms. The molecule has 1 atom stereocenters. The number of benzene rings is 3. The number of thiophene rings is 1. The van der Waals surface area contributed by atoms with E-state index in [2.05, 4.69) is 20.7 Å². The SMILES string of the molecule is O=S(=O)(Nc1ccc2c(c1)C(c1ccc(Br)s1)Oc1cccc(OC(F)F)c1-2)c1ccccc1. The average molecular weight is 564 g/mol. The summed E-state index contributed by atoms with van der Waals surface area (Å²) < 4.78 is 66.3. The maximum absolute atomic E-state index is 13.1. The van der Waals surface area contributed by atoms with Crippen LogP contribution in [0.15, 0.2) is 87.5 Å². The minimum atomic E-state index is -3.82. The van der Waals surface area contributed by atoms with E-state index in [1.165, 1.54) is 29.5 Å². The predicted molar refractivity (Wildman–Crippen MR) is 130 cm³/mol. The third-order valence-corrected chi connectivity index (χ3v) is 8.27. The molecule has 1 unspecified atom stereocenters. The molecule has 5 rings (SSSR count). The monoisotopic (exact) mass is 563 g/mol. The molecule has 0 saturated heterocycles. The zero-order valence-electron chi connectivity index (χ0n) is 17.2. The Morgan fingerprint density at radius 1 is 1.00 bits per heavy atom.